The monoisotopic (exact) mass is 249 g/mol. The molecule has 1 aromatic carbocycles. The number of likely N-dealkylation sites (N-methyl/N-ethyl adjacent to an activating group) is 1. The van der Waals surface area contributed by atoms with Gasteiger partial charge in [0.05, 0.1) is 0 Å². The molecule has 0 bridgehead atoms. The fourth-order valence-corrected chi connectivity index (χ4v) is 1.91. The van der Waals surface area contributed by atoms with Crippen molar-refractivity contribution < 1.29 is 0 Å². The highest BCUT2D eigenvalue weighted by molar-refractivity contribution is 5.45. The number of benzene rings is 1. The van der Waals surface area contributed by atoms with E-state index >= 15 is 0 Å². The van der Waals surface area contributed by atoms with Gasteiger partial charge in [0.1, 0.15) is 0 Å². The molecule has 0 spiro atoms. The van der Waals surface area contributed by atoms with E-state index in [0.29, 0.717) is 0 Å². The predicted octanol–water partition coefficient (Wildman–Crippen LogP) is 2.29. The van der Waals surface area contributed by atoms with E-state index < -0.39 is 0 Å². The Morgan fingerprint density at radius 2 is 1.83 bits per heavy atom. The number of anilines is 1. The first-order valence-electron chi connectivity index (χ1n) is 6.72. The number of nitrogens with one attached hydrogen (secondary N) is 1. The predicted molar refractivity (Wildman–Crippen MR) is 80.3 cm³/mol. The fraction of sp³-hybridized carbons (Fsp3) is 0.600. The molecular weight excluding hydrogens is 222 g/mol. The molecule has 1 N–H and O–H groups in total. The lowest BCUT2D eigenvalue weighted by molar-refractivity contribution is 0.308. The van der Waals surface area contributed by atoms with Crippen LogP contribution in [-0.2, 0) is 0 Å². The number of nitrogens with zero attached hydrogens (tertiary/aromatic N) is 2. The van der Waals surface area contributed by atoms with Gasteiger partial charge in [-0.3, -0.25) is 0 Å². The van der Waals surface area contributed by atoms with Crippen molar-refractivity contribution in [3.05, 3.63) is 29.8 Å². The van der Waals surface area contributed by atoms with Crippen LogP contribution in [0.5, 0.6) is 0 Å². The highest BCUT2D eigenvalue weighted by Gasteiger charge is 1.99. The molecule has 0 aliphatic carbocycles. The van der Waals surface area contributed by atoms with Gasteiger partial charge in [0.15, 0.2) is 0 Å². The smallest absolute Gasteiger partial charge is 0.0343 e. The maximum absolute atomic E-state index is 3.46. The summed E-state index contributed by atoms with van der Waals surface area (Å²) in [6.45, 7) is 6.53. The highest BCUT2D eigenvalue weighted by atomic mass is 15.1. The van der Waals surface area contributed by atoms with Crippen molar-refractivity contribution in [2.24, 2.45) is 0 Å². The maximum Gasteiger partial charge on any atom is 0.0343 e. The fourth-order valence-electron chi connectivity index (χ4n) is 1.91. The summed E-state index contributed by atoms with van der Waals surface area (Å²) in [5.74, 6) is 0. The van der Waals surface area contributed by atoms with E-state index in [-0.39, 0.29) is 0 Å². The number of rotatable bonds is 8. The van der Waals surface area contributed by atoms with Crippen molar-refractivity contribution in [2.45, 2.75) is 13.3 Å². The molecule has 0 radical (unpaired) electrons. The molecule has 3 heteroatoms. The van der Waals surface area contributed by atoms with Gasteiger partial charge < -0.3 is 15.1 Å². The Hall–Kier alpha value is -1.06. The number of hydrogen-bond donors (Lipinski definition) is 1. The third-order valence-corrected chi connectivity index (χ3v) is 2.99. The van der Waals surface area contributed by atoms with Gasteiger partial charge in [0.2, 0.25) is 0 Å². The Labute approximate surface area is 112 Å². The molecule has 0 saturated carbocycles. The van der Waals surface area contributed by atoms with Crippen LogP contribution in [0.4, 0.5) is 5.69 Å². The van der Waals surface area contributed by atoms with Gasteiger partial charge in [-0.1, -0.05) is 12.1 Å². The summed E-state index contributed by atoms with van der Waals surface area (Å²) in [6, 6.07) is 8.53. The summed E-state index contributed by atoms with van der Waals surface area (Å²) in [6.07, 6.45) is 1.23. The zero-order valence-electron chi connectivity index (χ0n) is 12.2. The first-order valence-corrected chi connectivity index (χ1v) is 6.72. The second kappa shape index (κ2) is 8.11. The van der Waals surface area contributed by atoms with Crippen LogP contribution in [0.3, 0.4) is 0 Å². The Bertz CT molecular complexity index is 336. The molecule has 18 heavy (non-hydrogen) atoms. The van der Waals surface area contributed by atoms with Crippen LogP contribution in [0.15, 0.2) is 24.3 Å². The molecule has 0 aliphatic rings. The van der Waals surface area contributed by atoms with Crippen molar-refractivity contribution in [1.29, 1.82) is 0 Å². The molecule has 102 valence electrons. The van der Waals surface area contributed by atoms with Crippen molar-refractivity contribution >= 4 is 5.69 Å². The first-order chi connectivity index (χ1) is 8.58. The molecule has 0 saturated heterocycles. The minimum Gasteiger partial charge on any atom is -0.384 e. The van der Waals surface area contributed by atoms with E-state index in [4.69, 9.17) is 0 Å². The van der Waals surface area contributed by atoms with E-state index in [0.717, 1.165) is 26.2 Å². The third kappa shape index (κ3) is 6.62. The summed E-state index contributed by atoms with van der Waals surface area (Å²) < 4.78 is 0. The van der Waals surface area contributed by atoms with Crippen molar-refractivity contribution in [3.8, 4) is 0 Å². The van der Waals surface area contributed by atoms with E-state index in [9.17, 15) is 0 Å². The van der Waals surface area contributed by atoms with E-state index in [1.165, 1.54) is 17.7 Å². The summed E-state index contributed by atoms with van der Waals surface area (Å²) in [7, 11) is 6.44. The number of hydrogen-bond acceptors (Lipinski definition) is 3. The van der Waals surface area contributed by atoms with Crippen molar-refractivity contribution in [2.75, 3.05) is 52.6 Å². The second-order valence-corrected chi connectivity index (χ2v) is 5.26. The summed E-state index contributed by atoms with van der Waals surface area (Å²) in [5.41, 5.74) is 2.52. The average molecular weight is 249 g/mol. The lowest BCUT2D eigenvalue weighted by Gasteiger charge is -2.18. The largest absolute Gasteiger partial charge is 0.384 e. The highest BCUT2D eigenvalue weighted by Crippen LogP contribution is 2.08. The van der Waals surface area contributed by atoms with Gasteiger partial charge >= 0.3 is 0 Å². The molecule has 0 atom stereocenters. The van der Waals surface area contributed by atoms with Crippen molar-refractivity contribution in [1.82, 2.24) is 9.80 Å². The van der Waals surface area contributed by atoms with E-state index in [1.807, 2.05) is 0 Å². The van der Waals surface area contributed by atoms with Crippen LogP contribution in [0.1, 0.15) is 12.0 Å². The Balaban J connectivity index is 2.13. The molecule has 0 amide bonds. The Morgan fingerprint density at radius 3 is 2.50 bits per heavy atom. The van der Waals surface area contributed by atoms with Crippen molar-refractivity contribution in [3.63, 3.8) is 0 Å². The zero-order valence-corrected chi connectivity index (χ0v) is 12.2. The topological polar surface area (TPSA) is 18.5 Å². The summed E-state index contributed by atoms with van der Waals surface area (Å²) in [5, 5.41) is 3.46. The lowest BCUT2D eigenvalue weighted by atomic mass is 10.2. The molecular formula is C15H27N3. The SMILES string of the molecule is Cc1cccc(NCCN(C)CCCN(C)C)c1. The molecule has 0 unspecified atom stereocenters. The normalized spacial score (nSPS) is 11.2. The standard InChI is InChI=1S/C15H27N3/c1-14-7-5-8-15(13-14)16-9-12-18(4)11-6-10-17(2)3/h5,7-8,13,16H,6,9-12H2,1-4H3. The average Bonchev–Trinajstić information content (AvgIpc) is 2.28. The molecule has 0 fully saturated rings. The molecule has 1 rings (SSSR count). The Morgan fingerprint density at radius 1 is 1.06 bits per heavy atom. The molecule has 0 aliphatic heterocycles. The van der Waals surface area contributed by atoms with Gasteiger partial charge in [0.25, 0.3) is 0 Å². The van der Waals surface area contributed by atoms with E-state index in [1.54, 1.807) is 0 Å². The minimum absolute atomic E-state index is 1.00. The van der Waals surface area contributed by atoms with Crippen LogP contribution in [0, 0.1) is 6.92 Å². The lowest BCUT2D eigenvalue weighted by Crippen LogP contribution is -2.28. The molecule has 0 aromatic heterocycles. The van der Waals surface area contributed by atoms with Gasteiger partial charge in [-0.2, -0.15) is 0 Å². The molecule has 1 aromatic rings. The Kier molecular flexibility index (Phi) is 6.76. The first kappa shape index (κ1) is 15.0. The third-order valence-electron chi connectivity index (χ3n) is 2.99. The number of aryl methyl sites for hydroxylation is 1. The van der Waals surface area contributed by atoms with Gasteiger partial charge in [-0.05, 0) is 65.3 Å². The van der Waals surface area contributed by atoms with Crippen LogP contribution >= 0.6 is 0 Å². The van der Waals surface area contributed by atoms with Gasteiger partial charge in [-0.15, -0.1) is 0 Å². The maximum atomic E-state index is 3.46. The summed E-state index contributed by atoms with van der Waals surface area (Å²) in [4.78, 5) is 4.62. The quantitative estimate of drug-likeness (QED) is 0.762. The molecule has 3 nitrogen and oxygen atoms in total. The van der Waals surface area contributed by atoms with Gasteiger partial charge in [-0.25, -0.2) is 0 Å². The van der Waals surface area contributed by atoms with Crippen LogP contribution < -0.4 is 5.32 Å². The van der Waals surface area contributed by atoms with E-state index in [2.05, 4.69) is 67.4 Å². The van der Waals surface area contributed by atoms with Crippen LogP contribution in [-0.4, -0.2) is 57.1 Å². The summed E-state index contributed by atoms with van der Waals surface area (Å²) >= 11 is 0. The van der Waals surface area contributed by atoms with Crippen LogP contribution in [0.2, 0.25) is 0 Å². The minimum atomic E-state index is 1.00. The van der Waals surface area contributed by atoms with Crippen LogP contribution in [0.25, 0.3) is 0 Å². The van der Waals surface area contributed by atoms with Gasteiger partial charge in [0, 0.05) is 18.8 Å². The molecule has 0 heterocycles. The second-order valence-electron chi connectivity index (χ2n) is 5.26. The zero-order chi connectivity index (χ0) is 13.4.